The maximum absolute atomic E-state index is 13.1. The summed E-state index contributed by atoms with van der Waals surface area (Å²) in [6.07, 6.45) is 0. The molecule has 1 fully saturated rings. The molecule has 4 N–H and O–H groups in total. The molecule has 3 rings (SSSR count). The van der Waals surface area contributed by atoms with Crippen molar-refractivity contribution in [2.24, 2.45) is 4.99 Å². The van der Waals surface area contributed by atoms with Crippen molar-refractivity contribution in [1.82, 2.24) is 21.9 Å². The van der Waals surface area contributed by atoms with Gasteiger partial charge in [0, 0.05) is 5.56 Å². The third-order valence-electron chi connectivity index (χ3n) is 2.68. The Hall–Kier alpha value is -2.09. The molecule has 20 heavy (non-hydrogen) atoms. The van der Waals surface area contributed by atoms with Crippen molar-refractivity contribution >= 4 is 17.6 Å². The molecule has 1 saturated heterocycles. The average Bonchev–Trinajstić information content (AvgIpc) is 3.10. The van der Waals surface area contributed by atoms with E-state index >= 15 is 0 Å². The Morgan fingerprint density at radius 1 is 1.15 bits per heavy atom. The SMILES string of the molecule is Fc1ccc(-c2ccc(CN=C3NNNN3)o2)cc1Cl. The summed E-state index contributed by atoms with van der Waals surface area (Å²) in [5, 5.41) is 0.0668. The molecule has 0 radical (unpaired) electrons. The van der Waals surface area contributed by atoms with Crippen molar-refractivity contribution in [2.45, 2.75) is 6.54 Å². The Bertz CT molecular complexity index is 649. The van der Waals surface area contributed by atoms with Crippen LogP contribution in [0.5, 0.6) is 0 Å². The number of halogens is 2. The van der Waals surface area contributed by atoms with Crippen LogP contribution in [0.25, 0.3) is 11.3 Å². The highest BCUT2D eigenvalue weighted by atomic mass is 35.5. The molecule has 0 amide bonds. The van der Waals surface area contributed by atoms with Gasteiger partial charge in [0.2, 0.25) is 5.96 Å². The van der Waals surface area contributed by atoms with Crippen LogP contribution in [-0.2, 0) is 6.54 Å². The van der Waals surface area contributed by atoms with Crippen LogP contribution < -0.4 is 21.9 Å². The van der Waals surface area contributed by atoms with Crippen LogP contribution >= 0.6 is 11.6 Å². The van der Waals surface area contributed by atoms with Gasteiger partial charge in [-0.05, 0) is 30.3 Å². The highest BCUT2D eigenvalue weighted by Crippen LogP contribution is 2.26. The van der Waals surface area contributed by atoms with Crippen molar-refractivity contribution < 1.29 is 8.81 Å². The summed E-state index contributed by atoms with van der Waals surface area (Å²) in [5.41, 5.74) is 11.5. The molecule has 1 aromatic carbocycles. The molecule has 0 aliphatic carbocycles. The number of hydrogen-bond acceptors (Lipinski definition) is 4. The van der Waals surface area contributed by atoms with Gasteiger partial charge in [-0.3, -0.25) is 10.9 Å². The fourth-order valence-electron chi connectivity index (χ4n) is 1.72. The lowest BCUT2D eigenvalue weighted by Gasteiger charge is -1.99. The lowest BCUT2D eigenvalue weighted by atomic mass is 10.2. The number of hydrogen-bond donors (Lipinski definition) is 4. The summed E-state index contributed by atoms with van der Waals surface area (Å²) in [6.45, 7) is 0.369. The topological polar surface area (TPSA) is 73.6 Å². The number of nitrogens with one attached hydrogen (secondary N) is 4. The van der Waals surface area contributed by atoms with Crippen molar-refractivity contribution in [3.05, 3.63) is 46.9 Å². The zero-order chi connectivity index (χ0) is 13.9. The molecule has 6 nitrogen and oxygen atoms in total. The van der Waals surface area contributed by atoms with Crippen LogP contribution in [0.2, 0.25) is 5.02 Å². The van der Waals surface area contributed by atoms with Gasteiger partial charge in [0.05, 0.1) is 5.02 Å². The summed E-state index contributed by atoms with van der Waals surface area (Å²) in [7, 11) is 0. The van der Waals surface area contributed by atoms with E-state index in [1.165, 1.54) is 12.1 Å². The summed E-state index contributed by atoms with van der Waals surface area (Å²) in [4.78, 5) is 4.22. The third-order valence-corrected chi connectivity index (χ3v) is 2.97. The van der Waals surface area contributed by atoms with E-state index in [-0.39, 0.29) is 5.02 Å². The normalized spacial score (nSPS) is 14.0. The molecule has 1 aromatic heterocycles. The molecule has 2 aromatic rings. The quantitative estimate of drug-likeness (QED) is 0.694. The Labute approximate surface area is 118 Å². The number of furan rings is 1. The largest absolute Gasteiger partial charge is 0.459 e. The molecule has 1 aliphatic rings. The van der Waals surface area contributed by atoms with Gasteiger partial charge in [-0.25, -0.2) is 9.38 Å². The van der Waals surface area contributed by atoms with Crippen LogP contribution in [0, 0.1) is 5.82 Å². The van der Waals surface area contributed by atoms with E-state index in [1.807, 2.05) is 6.07 Å². The monoisotopic (exact) mass is 295 g/mol. The van der Waals surface area contributed by atoms with Gasteiger partial charge >= 0.3 is 0 Å². The van der Waals surface area contributed by atoms with E-state index in [0.717, 1.165) is 5.56 Å². The van der Waals surface area contributed by atoms with Gasteiger partial charge in [0.15, 0.2) is 0 Å². The summed E-state index contributed by atoms with van der Waals surface area (Å²) < 4.78 is 18.7. The van der Waals surface area contributed by atoms with Gasteiger partial charge in [0.1, 0.15) is 23.9 Å². The Kier molecular flexibility index (Phi) is 3.55. The molecule has 0 saturated carbocycles. The molecule has 0 spiro atoms. The van der Waals surface area contributed by atoms with Crippen LogP contribution in [0.4, 0.5) is 4.39 Å². The first-order valence-corrected chi connectivity index (χ1v) is 6.21. The van der Waals surface area contributed by atoms with E-state index in [1.54, 1.807) is 12.1 Å². The standard InChI is InChI=1S/C12H11ClFN5O/c13-9-5-7(1-3-10(9)14)11-4-2-8(20-11)6-15-12-16-18-19-17-12/h1-5,18-19H,6H2,(H2,15,16,17). The van der Waals surface area contributed by atoms with Crippen molar-refractivity contribution in [1.29, 1.82) is 0 Å². The van der Waals surface area contributed by atoms with Crippen LogP contribution in [0.15, 0.2) is 39.7 Å². The molecule has 0 unspecified atom stereocenters. The number of benzene rings is 1. The van der Waals surface area contributed by atoms with Crippen LogP contribution in [0.3, 0.4) is 0 Å². The molecule has 8 heteroatoms. The number of nitrogens with zero attached hydrogens (tertiary/aromatic N) is 1. The fraction of sp³-hybridized carbons (Fsp3) is 0.0833. The lowest BCUT2D eigenvalue weighted by Crippen LogP contribution is -2.33. The van der Waals surface area contributed by atoms with Gasteiger partial charge < -0.3 is 4.42 Å². The van der Waals surface area contributed by atoms with Crippen LogP contribution in [0.1, 0.15) is 5.76 Å². The number of rotatable bonds is 3. The maximum Gasteiger partial charge on any atom is 0.223 e. The van der Waals surface area contributed by atoms with E-state index < -0.39 is 5.82 Å². The minimum atomic E-state index is -0.452. The minimum absolute atomic E-state index is 0.0668. The van der Waals surface area contributed by atoms with E-state index in [4.69, 9.17) is 16.0 Å². The van der Waals surface area contributed by atoms with Gasteiger partial charge in [-0.1, -0.05) is 11.6 Å². The predicted molar refractivity (Wildman–Crippen MR) is 72.8 cm³/mol. The molecule has 104 valence electrons. The zero-order valence-corrected chi connectivity index (χ0v) is 11.0. The summed E-state index contributed by atoms with van der Waals surface area (Å²) in [6, 6.07) is 8.06. The molecule has 1 aliphatic heterocycles. The Morgan fingerprint density at radius 3 is 2.70 bits per heavy atom. The van der Waals surface area contributed by atoms with E-state index in [0.29, 0.717) is 24.0 Å². The van der Waals surface area contributed by atoms with Crippen molar-refractivity contribution in [3.63, 3.8) is 0 Å². The van der Waals surface area contributed by atoms with E-state index in [9.17, 15) is 4.39 Å². The number of aliphatic imine (C=N–C) groups is 1. The number of guanidine groups is 1. The third kappa shape index (κ3) is 2.74. The smallest absolute Gasteiger partial charge is 0.223 e. The highest BCUT2D eigenvalue weighted by Gasteiger charge is 2.08. The number of hydrazine groups is 3. The molecule has 0 bridgehead atoms. The summed E-state index contributed by atoms with van der Waals surface area (Å²) in [5.74, 6) is 1.41. The van der Waals surface area contributed by atoms with Crippen molar-refractivity contribution in [2.75, 3.05) is 0 Å². The first kappa shape index (κ1) is 12.9. The molecular weight excluding hydrogens is 285 g/mol. The second-order valence-electron chi connectivity index (χ2n) is 4.06. The van der Waals surface area contributed by atoms with Crippen molar-refractivity contribution in [3.8, 4) is 11.3 Å². The predicted octanol–water partition coefficient (Wildman–Crippen LogP) is 1.71. The Morgan fingerprint density at radius 2 is 1.95 bits per heavy atom. The first-order chi connectivity index (χ1) is 9.72. The maximum atomic E-state index is 13.1. The van der Waals surface area contributed by atoms with E-state index in [2.05, 4.69) is 26.9 Å². The van der Waals surface area contributed by atoms with Crippen LogP contribution in [-0.4, -0.2) is 5.96 Å². The fourth-order valence-corrected chi connectivity index (χ4v) is 1.90. The average molecular weight is 296 g/mol. The lowest BCUT2D eigenvalue weighted by molar-refractivity contribution is 0.525. The molecule has 2 heterocycles. The Balaban J connectivity index is 1.75. The highest BCUT2D eigenvalue weighted by molar-refractivity contribution is 6.31. The zero-order valence-electron chi connectivity index (χ0n) is 10.2. The molecule has 0 atom stereocenters. The van der Waals surface area contributed by atoms with Gasteiger partial charge in [0.25, 0.3) is 0 Å². The first-order valence-electron chi connectivity index (χ1n) is 5.83. The second kappa shape index (κ2) is 5.49. The van der Waals surface area contributed by atoms with Gasteiger partial charge in [-0.15, -0.1) is 0 Å². The minimum Gasteiger partial charge on any atom is -0.459 e. The summed E-state index contributed by atoms with van der Waals surface area (Å²) >= 11 is 5.75. The van der Waals surface area contributed by atoms with Gasteiger partial charge in [-0.2, -0.15) is 11.1 Å². The second-order valence-corrected chi connectivity index (χ2v) is 4.47. The molecular formula is C12H11ClFN5O.